The lowest BCUT2D eigenvalue weighted by atomic mass is 10.1. The predicted molar refractivity (Wildman–Crippen MR) is 97.1 cm³/mol. The van der Waals surface area contributed by atoms with Gasteiger partial charge < -0.3 is 10.3 Å². The first-order chi connectivity index (χ1) is 12.7. The van der Waals surface area contributed by atoms with Crippen LogP contribution in [0.1, 0.15) is 16.1 Å². The topological polar surface area (TPSA) is 92.7 Å². The van der Waals surface area contributed by atoms with Crippen molar-refractivity contribution < 1.29 is 4.79 Å². The SMILES string of the molecule is O=C(NCc1ccc(-n2cccn2)nc1)c1cc2ccccc2c(=O)[nH]1. The van der Waals surface area contributed by atoms with Crippen LogP contribution < -0.4 is 10.9 Å². The Kier molecular flexibility index (Phi) is 4.03. The summed E-state index contributed by atoms with van der Waals surface area (Å²) in [7, 11) is 0. The zero-order valence-corrected chi connectivity index (χ0v) is 13.7. The summed E-state index contributed by atoms with van der Waals surface area (Å²) in [4.78, 5) is 31.4. The van der Waals surface area contributed by atoms with E-state index in [0.29, 0.717) is 17.7 Å². The number of carbonyl (C=O) groups is 1. The Morgan fingerprint density at radius 1 is 1.15 bits per heavy atom. The van der Waals surface area contributed by atoms with E-state index in [4.69, 9.17) is 0 Å². The van der Waals surface area contributed by atoms with E-state index in [-0.39, 0.29) is 17.2 Å². The van der Waals surface area contributed by atoms with Crippen molar-refractivity contribution in [2.24, 2.45) is 0 Å². The molecule has 1 aromatic carbocycles. The number of carbonyl (C=O) groups excluding carboxylic acids is 1. The Labute approximate surface area is 148 Å². The molecule has 0 aliphatic rings. The number of benzene rings is 1. The Hall–Kier alpha value is -3.74. The summed E-state index contributed by atoms with van der Waals surface area (Å²) >= 11 is 0. The van der Waals surface area contributed by atoms with Gasteiger partial charge in [0, 0.05) is 30.5 Å². The molecule has 3 heterocycles. The quantitative estimate of drug-likeness (QED) is 0.592. The van der Waals surface area contributed by atoms with Crippen LogP contribution in [0.5, 0.6) is 0 Å². The molecule has 3 aromatic heterocycles. The number of amides is 1. The number of rotatable bonds is 4. The fourth-order valence-electron chi connectivity index (χ4n) is 2.67. The van der Waals surface area contributed by atoms with Crippen LogP contribution in [0.4, 0.5) is 0 Å². The normalized spacial score (nSPS) is 10.8. The van der Waals surface area contributed by atoms with Crippen LogP contribution in [0.25, 0.3) is 16.6 Å². The molecule has 26 heavy (non-hydrogen) atoms. The van der Waals surface area contributed by atoms with E-state index in [0.717, 1.165) is 10.9 Å². The zero-order chi connectivity index (χ0) is 17.9. The smallest absolute Gasteiger partial charge is 0.268 e. The van der Waals surface area contributed by atoms with Crippen LogP contribution in [0.2, 0.25) is 0 Å². The van der Waals surface area contributed by atoms with E-state index in [1.165, 1.54) is 0 Å². The molecule has 0 fully saturated rings. The molecule has 0 spiro atoms. The number of aromatic nitrogens is 4. The Morgan fingerprint density at radius 3 is 2.81 bits per heavy atom. The van der Waals surface area contributed by atoms with E-state index < -0.39 is 0 Å². The molecule has 0 atom stereocenters. The molecule has 7 heteroatoms. The van der Waals surface area contributed by atoms with Crippen LogP contribution in [0, 0.1) is 0 Å². The first kappa shape index (κ1) is 15.8. The number of aromatic amines is 1. The van der Waals surface area contributed by atoms with Crippen LogP contribution in [0.3, 0.4) is 0 Å². The van der Waals surface area contributed by atoms with Crippen molar-refractivity contribution in [3.05, 3.63) is 88.7 Å². The van der Waals surface area contributed by atoms with E-state index in [2.05, 4.69) is 20.4 Å². The molecule has 1 amide bonds. The highest BCUT2D eigenvalue weighted by molar-refractivity contribution is 5.96. The van der Waals surface area contributed by atoms with Gasteiger partial charge in [-0.05, 0) is 35.2 Å². The Balaban J connectivity index is 1.48. The van der Waals surface area contributed by atoms with Gasteiger partial charge in [0.2, 0.25) is 0 Å². The predicted octanol–water partition coefficient (Wildman–Crippen LogP) is 2.04. The second kappa shape index (κ2) is 6.64. The molecule has 0 radical (unpaired) electrons. The number of nitrogens with one attached hydrogen (secondary N) is 2. The average molecular weight is 345 g/mol. The summed E-state index contributed by atoms with van der Waals surface area (Å²) in [6, 6.07) is 14.3. The van der Waals surface area contributed by atoms with Gasteiger partial charge in [0.05, 0.1) is 0 Å². The summed E-state index contributed by atoms with van der Waals surface area (Å²) in [6.45, 7) is 0.306. The fourth-order valence-corrected chi connectivity index (χ4v) is 2.67. The third-order valence-electron chi connectivity index (χ3n) is 4.00. The van der Waals surface area contributed by atoms with Crippen molar-refractivity contribution in [3.8, 4) is 5.82 Å². The number of hydrogen-bond acceptors (Lipinski definition) is 4. The van der Waals surface area contributed by atoms with Crippen LogP contribution in [-0.4, -0.2) is 25.7 Å². The molecule has 0 unspecified atom stereocenters. The van der Waals surface area contributed by atoms with Gasteiger partial charge in [-0.25, -0.2) is 9.67 Å². The lowest BCUT2D eigenvalue weighted by Crippen LogP contribution is -2.26. The van der Waals surface area contributed by atoms with Gasteiger partial charge in [-0.3, -0.25) is 9.59 Å². The number of hydrogen-bond donors (Lipinski definition) is 2. The molecule has 0 saturated carbocycles. The summed E-state index contributed by atoms with van der Waals surface area (Å²) in [5.41, 5.74) is 0.797. The molecular formula is C19H15N5O2. The summed E-state index contributed by atoms with van der Waals surface area (Å²) in [5.74, 6) is 0.355. The molecule has 0 saturated heterocycles. The number of nitrogens with zero attached hydrogens (tertiary/aromatic N) is 3. The van der Waals surface area contributed by atoms with Crippen molar-refractivity contribution in [1.29, 1.82) is 0 Å². The highest BCUT2D eigenvalue weighted by Gasteiger charge is 2.09. The molecule has 4 aromatic rings. The van der Waals surface area contributed by atoms with Gasteiger partial charge in [0.25, 0.3) is 11.5 Å². The molecule has 4 rings (SSSR count). The monoisotopic (exact) mass is 345 g/mol. The average Bonchev–Trinajstić information content (AvgIpc) is 3.21. The Morgan fingerprint density at radius 2 is 2.04 bits per heavy atom. The maximum absolute atomic E-state index is 12.4. The first-order valence-electron chi connectivity index (χ1n) is 8.06. The number of pyridine rings is 2. The fraction of sp³-hybridized carbons (Fsp3) is 0.0526. The molecule has 128 valence electrons. The second-order valence-corrected chi connectivity index (χ2v) is 5.76. The summed E-state index contributed by atoms with van der Waals surface area (Å²) in [6.07, 6.45) is 5.17. The largest absolute Gasteiger partial charge is 0.347 e. The van der Waals surface area contributed by atoms with Crippen molar-refractivity contribution in [1.82, 2.24) is 25.1 Å². The highest BCUT2D eigenvalue weighted by Crippen LogP contribution is 2.10. The minimum atomic E-state index is -0.344. The van der Waals surface area contributed by atoms with E-state index in [1.807, 2.05) is 24.3 Å². The third-order valence-corrected chi connectivity index (χ3v) is 4.00. The van der Waals surface area contributed by atoms with Crippen molar-refractivity contribution in [2.75, 3.05) is 0 Å². The maximum Gasteiger partial charge on any atom is 0.268 e. The lowest BCUT2D eigenvalue weighted by Gasteiger charge is -2.07. The van der Waals surface area contributed by atoms with Crippen molar-refractivity contribution in [2.45, 2.75) is 6.54 Å². The minimum Gasteiger partial charge on any atom is -0.347 e. The highest BCUT2D eigenvalue weighted by atomic mass is 16.2. The van der Waals surface area contributed by atoms with Gasteiger partial charge in [-0.1, -0.05) is 24.3 Å². The molecule has 0 aliphatic carbocycles. The third kappa shape index (κ3) is 3.10. The van der Waals surface area contributed by atoms with E-state index in [9.17, 15) is 9.59 Å². The molecule has 0 aliphatic heterocycles. The van der Waals surface area contributed by atoms with Gasteiger partial charge in [-0.15, -0.1) is 0 Å². The summed E-state index contributed by atoms with van der Waals surface area (Å²) in [5, 5.41) is 8.19. The second-order valence-electron chi connectivity index (χ2n) is 5.76. The Bertz CT molecular complexity index is 1110. The minimum absolute atomic E-state index is 0.231. The van der Waals surface area contributed by atoms with Gasteiger partial charge >= 0.3 is 0 Å². The zero-order valence-electron chi connectivity index (χ0n) is 13.7. The molecule has 7 nitrogen and oxygen atoms in total. The van der Waals surface area contributed by atoms with Gasteiger partial charge in [0.1, 0.15) is 5.69 Å². The van der Waals surface area contributed by atoms with Crippen LogP contribution >= 0.6 is 0 Å². The van der Waals surface area contributed by atoms with Crippen LogP contribution in [0.15, 0.2) is 71.9 Å². The number of H-pyrrole nitrogens is 1. The van der Waals surface area contributed by atoms with Crippen molar-refractivity contribution in [3.63, 3.8) is 0 Å². The van der Waals surface area contributed by atoms with Gasteiger partial charge in [-0.2, -0.15) is 5.10 Å². The summed E-state index contributed by atoms with van der Waals surface area (Å²) < 4.78 is 1.65. The van der Waals surface area contributed by atoms with Crippen molar-refractivity contribution >= 4 is 16.7 Å². The molecule has 0 bridgehead atoms. The number of fused-ring (bicyclic) bond motifs is 1. The van der Waals surface area contributed by atoms with E-state index >= 15 is 0 Å². The molecular weight excluding hydrogens is 330 g/mol. The lowest BCUT2D eigenvalue weighted by molar-refractivity contribution is 0.0946. The van der Waals surface area contributed by atoms with E-state index in [1.54, 1.807) is 47.5 Å². The van der Waals surface area contributed by atoms with Gasteiger partial charge in [0.15, 0.2) is 5.82 Å². The van der Waals surface area contributed by atoms with Crippen LogP contribution in [-0.2, 0) is 6.54 Å². The molecule has 2 N–H and O–H groups in total. The standard InChI is InChI=1S/C19H15N5O2/c25-18-15-5-2-1-4-14(15)10-16(23-18)19(26)21-12-13-6-7-17(20-11-13)24-9-3-8-22-24/h1-11H,12H2,(H,21,26)(H,23,25). The first-order valence-corrected chi connectivity index (χ1v) is 8.06. The maximum atomic E-state index is 12.4.